The molecule has 0 unspecified atom stereocenters. The fourth-order valence-electron chi connectivity index (χ4n) is 20.3. The summed E-state index contributed by atoms with van der Waals surface area (Å²) in [4.78, 5) is 0. The van der Waals surface area contributed by atoms with Crippen molar-refractivity contribution in [2.45, 2.75) is 690 Å². The fourth-order valence-corrected chi connectivity index (χ4v) is 20.3. The van der Waals surface area contributed by atoms with Gasteiger partial charge < -0.3 is 11.5 Å². The van der Waals surface area contributed by atoms with E-state index in [1.165, 1.54) is 649 Å². The lowest BCUT2D eigenvalue weighted by Crippen LogP contribution is -2.34. The van der Waals surface area contributed by atoms with Gasteiger partial charge in [0.2, 0.25) is 0 Å². The van der Waals surface area contributed by atoms with Gasteiger partial charge in [0.05, 0.1) is 5.82 Å². The third kappa shape index (κ3) is 83.4. The molecule has 678 valence electrons. The predicted molar refractivity (Wildman–Crippen MR) is 521 cm³/mol. The van der Waals surface area contributed by atoms with Gasteiger partial charge >= 0.3 is 0 Å². The average molecular weight is 1590 g/mol. The Morgan fingerprint density at radius 2 is 0.230 bits per heavy atom. The van der Waals surface area contributed by atoms with E-state index >= 15 is 0 Å². The molecule has 0 saturated heterocycles. The van der Waals surface area contributed by atoms with Crippen LogP contribution in [0, 0.1) is 10.8 Å². The van der Waals surface area contributed by atoms with E-state index in [2.05, 4.69) is 41.5 Å². The maximum atomic E-state index is 7.63. The highest BCUT2D eigenvalue weighted by molar-refractivity contribution is 5.21. The molecule has 113 heavy (non-hydrogen) atoms. The molecule has 0 aromatic rings. The van der Waals surface area contributed by atoms with Gasteiger partial charge in [0.1, 0.15) is 0 Å². The summed E-state index contributed by atoms with van der Waals surface area (Å²) in [7, 11) is 0. The van der Waals surface area contributed by atoms with Gasteiger partial charge in [-0.2, -0.15) is 0 Å². The van der Waals surface area contributed by atoms with E-state index in [0.717, 1.165) is 5.82 Å². The van der Waals surface area contributed by atoms with E-state index in [1.54, 1.807) is 5.57 Å². The van der Waals surface area contributed by atoms with Crippen LogP contribution in [0.3, 0.4) is 0 Å². The van der Waals surface area contributed by atoms with Gasteiger partial charge in [-0.25, -0.2) is 0 Å². The first-order chi connectivity index (χ1) is 55.9. The van der Waals surface area contributed by atoms with Crippen LogP contribution in [0.2, 0.25) is 0 Å². The minimum Gasteiger partial charge on any atom is -0.386 e. The summed E-state index contributed by atoms with van der Waals surface area (Å²) in [5.74, 6) is 0.791. The molecule has 0 aromatic heterocycles. The van der Waals surface area contributed by atoms with Crippen molar-refractivity contribution in [3.05, 3.63) is 11.4 Å². The molecule has 0 bridgehead atoms. The summed E-state index contributed by atoms with van der Waals surface area (Å²) < 4.78 is 0. The molecule has 0 aliphatic rings. The molecule has 0 aliphatic carbocycles. The Bertz CT molecular complexity index is 1650. The maximum absolute atomic E-state index is 7.63. The molecule has 0 aromatic carbocycles. The van der Waals surface area contributed by atoms with Crippen LogP contribution in [0.4, 0.5) is 0 Å². The van der Waals surface area contributed by atoms with Gasteiger partial charge in [0.25, 0.3) is 0 Å². The van der Waals surface area contributed by atoms with Gasteiger partial charge in [-0.1, -0.05) is 645 Å². The zero-order chi connectivity index (χ0) is 81.6. The summed E-state index contributed by atoms with van der Waals surface area (Å²) in [5.41, 5.74) is 17.3. The van der Waals surface area contributed by atoms with Crippen LogP contribution in [0.25, 0.3) is 0 Å². The van der Waals surface area contributed by atoms with Gasteiger partial charge in [-0.3, -0.25) is 0 Å². The highest BCUT2D eigenvalue weighted by Crippen LogP contribution is 2.52. The molecule has 0 rings (SSSR count). The number of hydrogen-bond donors (Lipinski definition) is 2. The van der Waals surface area contributed by atoms with Crippen LogP contribution in [0.1, 0.15) is 690 Å². The largest absolute Gasteiger partial charge is 0.386 e. The van der Waals surface area contributed by atoms with E-state index in [0.29, 0.717) is 5.41 Å². The number of hydrogen-bond acceptors (Lipinski definition) is 2. The molecule has 0 saturated carbocycles. The Balaban J connectivity index is 7.07. The highest BCUT2D eigenvalue weighted by Gasteiger charge is 2.40. The van der Waals surface area contributed by atoms with E-state index in [-0.39, 0.29) is 5.41 Å². The molecule has 4 N–H and O–H groups in total. The Morgan fingerprint density at radius 3 is 0.336 bits per heavy atom. The summed E-state index contributed by atoms with van der Waals surface area (Å²) in [5, 5.41) is 0. The second-order valence-electron chi connectivity index (χ2n) is 39.5. The first kappa shape index (κ1) is 112. The molecule has 0 heterocycles. The second-order valence-corrected chi connectivity index (χ2v) is 39.5. The monoisotopic (exact) mass is 1590 g/mol. The molecular formula is C111H224N2. The Labute approximate surface area is 719 Å². The van der Waals surface area contributed by atoms with Crippen LogP contribution < -0.4 is 11.5 Å². The first-order valence-electron chi connectivity index (χ1n) is 55.1. The molecule has 2 nitrogen and oxygen atoms in total. The van der Waals surface area contributed by atoms with Crippen LogP contribution in [0.5, 0.6) is 0 Å². The fraction of sp³-hybridized carbons (Fsp3) is 0.982. The topological polar surface area (TPSA) is 52.0 Å². The van der Waals surface area contributed by atoms with Crippen molar-refractivity contribution in [1.29, 1.82) is 0 Å². The highest BCUT2D eigenvalue weighted by atomic mass is 14.8. The Hall–Kier alpha value is -0.660. The smallest absolute Gasteiger partial charge is 0.0931 e. The molecule has 0 atom stereocenters. The van der Waals surface area contributed by atoms with Crippen molar-refractivity contribution in [2.75, 3.05) is 0 Å². The SMILES string of the molecule is CCCCCCCCCCCCCCCCCCC(CCCCCCCCCCCCCCCCC)(CCCCCCCCCCCCCCCCCC)CC(=C(N)N)C(CCCCCCCCCCCCCCCCC)(CCCCCCCCCCCCCCCCCC)CCCCCCCCCCCCCCCCCC. The lowest BCUT2D eigenvalue weighted by Gasteiger charge is -2.44. The van der Waals surface area contributed by atoms with Crippen LogP contribution >= 0.6 is 0 Å². The third-order valence-corrected chi connectivity index (χ3v) is 28.2. The lowest BCUT2D eigenvalue weighted by molar-refractivity contribution is 0.157. The molecule has 2 heteroatoms. The number of rotatable bonds is 103. The molecule has 0 aliphatic heterocycles. The normalized spacial score (nSPS) is 12.1. The van der Waals surface area contributed by atoms with Crippen molar-refractivity contribution >= 4 is 0 Å². The van der Waals surface area contributed by atoms with Gasteiger partial charge in [0.15, 0.2) is 0 Å². The zero-order valence-electron chi connectivity index (χ0n) is 80.6. The van der Waals surface area contributed by atoms with Gasteiger partial charge in [0, 0.05) is 0 Å². The quantitative estimate of drug-likeness (QED) is 0.0596. The van der Waals surface area contributed by atoms with Gasteiger partial charge in [-0.05, 0) is 61.3 Å². The van der Waals surface area contributed by atoms with E-state index in [4.69, 9.17) is 11.5 Å². The predicted octanol–water partition coefficient (Wildman–Crippen LogP) is 41.6. The first-order valence-corrected chi connectivity index (χ1v) is 55.1. The Morgan fingerprint density at radius 1 is 0.133 bits per heavy atom. The standard InChI is InChI=1S/C111H224N2/c1-7-13-19-25-31-37-43-49-55-61-66-72-78-84-90-96-102-110(101-95-89-83-77-71-65-59-53-47-41-35-29-23-17-11-5,103-97-91-85-79-73-67-62-56-50-44-38-32-26-20-14-8-2)107-108(109(112)113)111(104-98-92-86-80-74-68-60-54-48-42-36-30-24-18-12-6,105-99-93-87-81-75-69-63-57-51-45-39-33-27-21-15-9-3)106-100-94-88-82-76-70-64-58-52-46-40-34-28-22-16-10-4/h7-107,112-113H2,1-6H3. The van der Waals surface area contributed by atoms with E-state index in [1.807, 2.05) is 0 Å². The minimum atomic E-state index is 0.144. The van der Waals surface area contributed by atoms with E-state index in [9.17, 15) is 0 Å². The van der Waals surface area contributed by atoms with Crippen molar-refractivity contribution < 1.29 is 0 Å². The van der Waals surface area contributed by atoms with Crippen LogP contribution in [-0.2, 0) is 0 Å². The third-order valence-electron chi connectivity index (χ3n) is 28.2. The van der Waals surface area contributed by atoms with E-state index < -0.39 is 0 Å². The zero-order valence-corrected chi connectivity index (χ0v) is 80.6. The molecular weight excluding hydrogens is 1360 g/mol. The van der Waals surface area contributed by atoms with Crippen molar-refractivity contribution in [1.82, 2.24) is 0 Å². The lowest BCUT2D eigenvalue weighted by atomic mass is 9.61. The van der Waals surface area contributed by atoms with Crippen LogP contribution in [-0.4, -0.2) is 0 Å². The van der Waals surface area contributed by atoms with Gasteiger partial charge in [-0.15, -0.1) is 0 Å². The molecule has 0 radical (unpaired) electrons. The second kappa shape index (κ2) is 96.8. The van der Waals surface area contributed by atoms with Crippen molar-refractivity contribution in [3.63, 3.8) is 0 Å². The average Bonchev–Trinajstić information content (AvgIpc) is 0.791. The molecule has 0 fully saturated rings. The maximum Gasteiger partial charge on any atom is 0.0931 e. The van der Waals surface area contributed by atoms with Crippen molar-refractivity contribution in [3.8, 4) is 0 Å². The van der Waals surface area contributed by atoms with Crippen molar-refractivity contribution in [2.24, 2.45) is 22.3 Å². The summed E-state index contributed by atoms with van der Waals surface area (Å²) in [6.07, 6.45) is 145. The minimum absolute atomic E-state index is 0.144. The number of unbranched alkanes of at least 4 members (excludes halogenated alkanes) is 88. The number of allylic oxidation sites excluding steroid dienone is 1. The molecule has 0 spiro atoms. The summed E-state index contributed by atoms with van der Waals surface area (Å²) >= 11 is 0. The summed E-state index contributed by atoms with van der Waals surface area (Å²) in [6.45, 7) is 14.1. The number of nitrogens with two attached hydrogens (primary N) is 2. The van der Waals surface area contributed by atoms with Crippen LogP contribution in [0.15, 0.2) is 11.4 Å². The summed E-state index contributed by atoms with van der Waals surface area (Å²) in [6, 6.07) is 0. The Kier molecular flexibility index (Phi) is 96.2. The molecule has 0 amide bonds.